The van der Waals surface area contributed by atoms with Crippen LogP contribution in [0.1, 0.15) is 62.4 Å². The van der Waals surface area contributed by atoms with Crippen molar-refractivity contribution in [3.8, 4) is 11.5 Å². The molecule has 2 fully saturated rings. The molecule has 0 heterocycles. The number of phenolic OH excluding ortho intramolecular Hbond substituents is 2. The molecular weight excluding hydrogens is 392 g/mol. The van der Waals surface area contributed by atoms with Gasteiger partial charge in [0.15, 0.2) is 6.29 Å². The number of carbonyl (C=O) groups is 1. The zero-order valence-electron chi connectivity index (χ0n) is 15.9. The molecule has 3 nitrogen and oxygen atoms in total. The molecule has 0 radical (unpaired) electrons. The standard InChI is InChI=1S/C22H29BrO3/c1-13-5-6-19-21(3,4)20(23)7-8-22(19,14(13)2)11-15-9-18(26)16(12-24)10-17(15)25/h9-10,12,14,19-20,25-26H,1,5-8,11H2,2-4H3/t14-,19-,20+,22+/m1/s1. The molecule has 2 aliphatic carbocycles. The molecule has 4 heteroatoms. The highest BCUT2D eigenvalue weighted by molar-refractivity contribution is 9.09. The van der Waals surface area contributed by atoms with Gasteiger partial charge in [-0.15, -0.1) is 0 Å². The minimum atomic E-state index is -0.0588. The molecule has 4 atom stereocenters. The number of halogens is 1. The molecule has 142 valence electrons. The molecule has 0 amide bonds. The van der Waals surface area contributed by atoms with Gasteiger partial charge in [-0.05, 0) is 72.5 Å². The number of rotatable bonds is 3. The van der Waals surface area contributed by atoms with E-state index in [2.05, 4.69) is 43.3 Å². The molecule has 0 saturated heterocycles. The Morgan fingerprint density at radius 3 is 2.62 bits per heavy atom. The average molecular weight is 421 g/mol. The van der Waals surface area contributed by atoms with E-state index in [-0.39, 0.29) is 27.9 Å². The number of aromatic hydroxyl groups is 2. The van der Waals surface area contributed by atoms with E-state index in [0.29, 0.717) is 29.4 Å². The molecule has 2 saturated carbocycles. The van der Waals surface area contributed by atoms with Crippen molar-refractivity contribution in [2.75, 3.05) is 0 Å². The largest absolute Gasteiger partial charge is 0.508 e. The summed E-state index contributed by atoms with van der Waals surface area (Å²) >= 11 is 3.91. The number of hydrogen-bond donors (Lipinski definition) is 2. The van der Waals surface area contributed by atoms with Crippen molar-refractivity contribution in [1.29, 1.82) is 0 Å². The summed E-state index contributed by atoms with van der Waals surface area (Å²) in [5.41, 5.74) is 2.30. The summed E-state index contributed by atoms with van der Waals surface area (Å²) in [6, 6.07) is 2.95. The molecule has 0 spiro atoms. The maximum Gasteiger partial charge on any atom is 0.153 e. The Balaban J connectivity index is 2.07. The molecule has 2 aliphatic rings. The van der Waals surface area contributed by atoms with Crippen molar-refractivity contribution in [2.45, 2.75) is 57.7 Å². The lowest BCUT2D eigenvalue weighted by Gasteiger charge is -2.60. The van der Waals surface area contributed by atoms with Crippen LogP contribution in [0, 0.1) is 22.7 Å². The van der Waals surface area contributed by atoms with Crippen molar-refractivity contribution >= 4 is 22.2 Å². The van der Waals surface area contributed by atoms with E-state index in [1.165, 1.54) is 11.6 Å². The molecule has 0 aromatic heterocycles. The third-order valence-electron chi connectivity index (χ3n) is 7.37. The maximum atomic E-state index is 11.0. The van der Waals surface area contributed by atoms with Crippen molar-refractivity contribution in [1.82, 2.24) is 0 Å². The first-order chi connectivity index (χ1) is 12.1. The normalized spacial score (nSPS) is 33.5. The van der Waals surface area contributed by atoms with Crippen LogP contribution in [0.25, 0.3) is 0 Å². The number of allylic oxidation sites excluding steroid dienone is 1. The molecule has 0 unspecified atom stereocenters. The molecule has 0 aliphatic heterocycles. The van der Waals surface area contributed by atoms with Crippen LogP contribution in [0.3, 0.4) is 0 Å². The second-order valence-electron chi connectivity index (χ2n) is 8.87. The third-order valence-corrected chi connectivity index (χ3v) is 9.00. The number of fused-ring (bicyclic) bond motifs is 1. The minimum Gasteiger partial charge on any atom is -0.508 e. The molecule has 1 aromatic carbocycles. The number of carbonyl (C=O) groups excluding carboxylic acids is 1. The second kappa shape index (κ2) is 6.70. The fourth-order valence-corrected chi connectivity index (χ4v) is 6.17. The Morgan fingerprint density at radius 2 is 1.96 bits per heavy atom. The molecule has 1 aromatic rings. The Labute approximate surface area is 164 Å². The van der Waals surface area contributed by atoms with Gasteiger partial charge in [-0.25, -0.2) is 0 Å². The van der Waals surface area contributed by atoms with Gasteiger partial charge in [0.25, 0.3) is 0 Å². The van der Waals surface area contributed by atoms with E-state index in [4.69, 9.17) is 0 Å². The van der Waals surface area contributed by atoms with Crippen LogP contribution in [-0.2, 0) is 6.42 Å². The maximum absolute atomic E-state index is 11.0. The summed E-state index contributed by atoms with van der Waals surface area (Å²) in [7, 11) is 0. The lowest BCUT2D eigenvalue weighted by Crippen LogP contribution is -2.55. The summed E-state index contributed by atoms with van der Waals surface area (Å²) in [5.74, 6) is 0.894. The first-order valence-electron chi connectivity index (χ1n) is 9.45. The van der Waals surface area contributed by atoms with Crippen LogP contribution in [0.15, 0.2) is 24.3 Å². The first kappa shape index (κ1) is 19.5. The van der Waals surface area contributed by atoms with Crippen molar-refractivity contribution < 1.29 is 15.0 Å². The van der Waals surface area contributed by atoms with E-state index < -0.39 is 0 Å². The lowest BCUT2D eigenvalue weighted by atomic mass is 9.46. The van der Waals surface area contributed by atoms with E-state index >= 15 is 0 Å². The van der Waals surface area contributed by atoms with Gasteiger partial charge in [0.1, 0.15) is 11.5 Å². The quantitative estimate of drug-likeness (QED) is 0.288. The number of alkyl halides is 1. The van der Waals surface area contributed by atoms with Crippen LogP contribution >= 0.6 is 15.9 Å². The van der Waals surface area contributed by atoms with Crippen LogP contribution in [0.2, 0.25) is 0 Å². The van der Waals surface area contributed by atoms with Crippen LogP contribution in [-0.4, -0.2) is 21.3 Å². The van der Waals surface area contributed by atoms with E-state index in [0.717, 1.165) is 31.2 Å². The fraction of sp³-hybridized carbons (Fsp3) is 0.591. The zero-order valence-corrected chi connectivity index (χ0v) is 17.5. The van der Waals surface area contributed by atoms with E-state index in [1.807, 2.05) is 0 Å². The summed E-state index contributed by atoms with van der Waals surface area (Å²) in [6.07, 6.45) is 5.58. The molecule has 26 heavy (non-hydrogen) atoms. The van der Waals surface area contributed by atoms with Crippen LogP contribution < -0.4 is 0 Å². The van der Waals surface area contributed by atoms with Gasteiger partial charge in [0.05, 0.1) is 5.56 Å². The van der Waals surface area contributed by atoms with Gasteiger partial charge in [0, 0.05) is 4.83 Å². The van der Waals surface area contributed by atoms with Gasteiger partial charge in [-0.1, -0.05) is 48.9 Å². The number of aldehydes is 1. The first-order valence-corrected chi connectivity index (χ1v) is 10.4. The van der Waals surface area contributed by atoms with Crippen molar-refractivity contribution in [2.24, 2.45) is 22.7 Å². The van der Waals surface area contributed by atoms with Crippen LogP contribution in [0.4, 0.5) is 0 Å². The average Bonchev–Trinajstić information content (AvgIpc) is 2.58. The minimum absolute atomic E-state index is 0.00964. The number of hydrogen-bond acceptors (Lipinski definition) is 3. The number of phenols is 2. The molecule has 0 bridgehead atoms. The van der Waals surface area contributed by atoms with Gasteiger partial charge in [-0.3, -0.25) is 4.79 Å². The third kappa shape index (κ3) is 2.90. The Morgan fingerprint density at radius 1 is 1.27 bits per heavy atom. The van der Waals surface area contributed by atoms with Crippen molar-refractivity contribution in [3.05, 3.63) is 35.4 Å². The second-order valence-corrected chi connectivity index (χ2v) is 9.97. The monoisotopic (exact) mass is 420 g/mol. The Hall–Kier alpha value is -1.29. The summed E-state index contributed by atoms with van der Waals surface area (Å²) < 4.78 is 0. The Bertz CT molecular complexity index is 739. The van der Waals surface area contributed by atoms with Crippen molar-refractivity contribution in [3.63, 3.8) is 0 Å². The van der Waals surface area contributed by atoms with E-state index in [9.17, 15) is 15.0 Å². The highest BCUT2D eigenvalue weighted by Gasteiger charge is 2.56. The highest BCUT2D eigenvalue weighted by Crippen LogP contribution is 2.63. The number of benzene rings is 1. The molecule has 2 N–H and O–H groups in total. The summed E-state index contributed by atoms with van der Waals surface area (Å²) in [4.78, 5) is 11.5. The predicted molar refractivity (Wildman–Crippen MR) is 108 cm³/mol. The van der Waals surface area contributed by atoms with Gasteiger partial charge < -0.3 is 10.2 Å². The lowest BCUT2D eigenvalue weighted by molar-refractivity contribution is -0.0548. The highest BCUT2D eigenvalue weighted by atomic mass is 79.9. The fourth-order valence-electron chi connectivity index (χ4n) is 5.62. The van der Waals surface area contributed by atoms with Gasteiger partial charge in [-0.2, -0.15) is 0 Å². The van der Waals surface area contributed by atoms with E-state index in [1.54, 1.807) is 6.07 Å². The molecular formula is C22H29BrO3. The summed E-state index contributed by atoms with van der Waals surface area (Å²) in [5, 5.41) is 20.6. The predicted octanol–water partition coefficient (Wildman–Crippen LogP) is 5.63. The SMILES string of the molecule is C=C1CC[C@@H]2C(C)(C)[C@@H](Br)CC[C@]2(Cc2cc(O)c(C=O)cc2O)[C@@H]1C. The zero-order chi connectivity index (χ0) is 19.3. The Kier molecular flexibility index (Phi) is 5.02. The smallest absolute Gasteiger partial charge is 0.153 e. The topological polar surface area (TPSA) is 57.5 Å². The summed E-state index contributed by atoms with van der Waals surface area (Å²) in [6.45, 7) is 11.3. The van der Waals surface area contributed by atoms with Gasteiger partial charge >= 0.3 is 0 Å². The van der Waals surface area contributed by atoms with Crippen LogP contribution in [0.5, 0.6) is 11.5 Å². The molecule has 3 rings (SSSR count). The van der Waals surface area contributed by atoms with Gasteiger partial charge in [0.2, 0.25) is 0 Å².